The van der Waals surface area contributed by atoms with Crippen LogP contribution in [-0.4, -0.2) is 43.9 Å². The van der Waals surface area contributed by atoms with Gasteiger partial charge in [0.2, 0.25) is 0 Å². The second-order valence-electron chi connectivity index (χ2n) is 7.01. The molecule has 9 nitrogen and oxygen atoms in total. The van der Waals surface area contributed by atoms with Gasteiger partial charge in [0.05, 0.1) is 17.0 Å². The highest BCUT2D eigenvalue weighted by Crippen LogP contribution is 2.26. The summed E-state index contributed by atoms with van der Waals surface area (Å²) in [6.45, 7) is 0.862. The van der Waals surface area contributed by atoms with Crippen molar-refractivity contribution in [3.63, 3.8) is 0 Å². The van der Waals surface area contributed by atoms with Crippen LogP contribution in [0.5, 0.6) is 0 Å². The fourth-order valence-corrected chi connectivity index (χ4v) is 3.39. The second-order valence-corrected chi connectivity index (χ2v) is 7.01. The summed E-state index contributed by atoms with van der Waals surface area (Å²) < 4.78 is 0. The Morgan fingerprint density at radius 3 is 2.66 bits per heavy atom. The first kappa shape index (κ1) is 20.1. The zero-order valence-corrected chi connectivity index (χ0v) is 16.3. The summed E-state index contributed by atoms with van der Waals surface area (Å²) in [4.78, 5) is 39.0. The molecular weight excluding hydrogens is 374 g/mol. The Hall–Kier alpha value is -3.62. The van der Waals surface area contributed by atoms with Crippen molar-refractivity contribution >= 4 is 28.9 Å². The number of hydrazine groups is 1. The molecule has 1 aliphatic rings. The van der Waals surface area contributed by atoms with E-state index in [0.29, 0.717) is 5.69 Å². The van der Waals surface area contributed by atoms with E-state index >= 15 is 0 Å². The number of hydrogen-bond acceptors (Lipinski definition) is 6. The molecule has 3 rings (SSSR count). The molecule has 0 fully saturated rings. The number of nitro benzene ring substituents is 1. The van der Waals surface area contributed by atoms with Gasteiger partial charge in [-0.3, -0.25) is 30.6 Å². The van der Waals surface area contributed by atoms with Crippen molar-refractivity contribution in [2.45, 2.75) is 12.8 Å². The Kier molecular flexibility index (Phi) is 5.96. The molecule has 0 radical (unpaired) electrons. The molecule has 0 saturated heterocycles. The van der Waals surface area contributed by atoms with E-state index < -0.39 is 10.8 Å². The van der Waals surface area contributed by atoms with Gasteiger partial charge in [0.1, 0.15) is 0 Å². The van der Waals surface area contributed by atoms with Crippen LogP contribution in [0.25, 0.3) is 0 Å². The highest BCUT2D eigenvalue weighted by molar-refractivity contribution is 6.01. The summed E-state index contributed by atoms with van der Waals surface area (Å²) in [6, 6.07) is 12.0. The summed E-state index contributed by atoms with van der Waals surface area (Å²) in [7, 11) is 3.45. The fourth-order valence-electron chi connectivity index (χ4n) is 3.39. The maximum Gasteiger partial charge on any atom is 0.272 e. The minimum absolute atomic E-state index is 0.104. The van der Waals surface area contributed by atoms with E-state index in [1.165, 1.54) is 23.8 Å². The van der Waals surface area contributed by atoms with Crippen LogP contribution < -0.4 is 20.7 Å². The summed E-state index contributed by atoms with van der Waals surface area (Å²) in [5.74, 6) is -0.989. The van der Waals surface area contributed by atoms with Crippen LogP contribution in [0.4, 0.5) is 17.1 Å². The molecule has 0 aromatic heterocycles. The van der Waals surface area contributed by atoms with Gasteiger partial charge in [-0.1, -0.05) is 18.2 Å². The summed E-state index contributed by atoms with van der Waals surface area (Å²) in [5, 5.41) is 11.0. The highest BCUT2D eigenvalue weighted by Gasteiger charge is 2.21. The Morgan fingerprint density at radius 1 is 1.17 bits per heavy atom. The van der Waals surface area contributed by atoms with Crippen molar-refractivity contribution in [2.75, 3.05) is 37.0 Å². The third kappa shape index (κ3) is 4.63. The van der Waals surface area contributed by atoms with E-state index in [9.17, 15) is 19.7 Å². The number of para-hydroxylation sites is 1. The number of nitrogens with zero attached hydrogens (tertiary/aromatic N) is 3. The number of rotatable bonds is 5. The number of aryl methyl sites for hydroxylation is 1. The van der Waals surface area contributed by atoms with Crippen LogP contribution >= 0.6 is 0 Å². The Morgan fingerprint density at radius 2 is 1.93 bits per heavy atom. The first-order valence-electron chi connectivity index (χ1n) is 9.24. The third-order valence-electron chi connectivity index (χ3n) is 4.77. The maximum absolute atomic E-state index is 12.6. The summed E-state index contributed by atoms with van der Waals surface area (Å²) in [6.07, 6.45) is 1.93. The minimum atomic E-state index is -0.621. The summed E-state index contributed by atoms with van der Waals surface area (Å²) >= 11 is 0. The maximum atomic E-state index is 12.6. The van der Waals surface area contributed by atoms with Crippen LogP contribution in [0.3, 0.4) is 0 Å². The molecule has 152 valence electrons. The molecule has 9 heteroatoms. The number of non-ortho nitro benzene ring substituents is 1. The van der Waals surface area contributed by atoms with Crippen molar-refractivity contribution < 1.29 is 14.5 Å². The predicted molar refractivity (Wildman–Crippen MR) is 110 cm³/mol. The lowest BCUT2D eigenvalue weighted by molar-refractivity contribution is -0.384. The van der Waals surface area contributed by atoms with Gasteiger partial charge >= 0.3 is 0 Å². The van der Waals surface area contributed by atoms with Crippen LogP contribution in [0.2, 0.25) is 0 Å². The molecule has 29 heavy (non-hydrogen) atoms. The van der Waals surface area contributed by atoms with Crippen molar-refractivity contribution in [1.29, 1.82) is 0 Å². The molecule has 2 N–H and O–H groups in total. The smallest absolute Gasteiger partial charge is 0.272 e. The van der Waals surface area contributed by atoms with Gasteiger partial charge in [-0.05, 0) is 30.5 Å². The van der Waals surface area contributed by atoms with E-state index in [1.807, 2.05) is 29.2 Å². The standard InChI is InChI=1S/C20H23N5O4/c1-23(2)18-10-9-15(25(28)29)12-16(18)20(27)22-21-19(26)13-24-11-5-7-14-6-3-4-8-17(14)24/h3-4,6,8-10,12H,5,7,11,13H2,1-2H3,(H,21,26)(H,22,27). The van der Waals surface area contributed by atoms with Crippen LogP contribution in [0, 0.1) is 10.1 Å². The average molecular weight is 397 g/mol. The van der Waals surface area contributed by atoms with Gasteiger partial charge in [-0.25, -0.2) is 0 Å². The number of hydrogen-bond donors (Lipinski definition) is 2. The van der Waals surface area contributed by atoms with Crippen molar-refractivity contribution in [3.05, 3.63) is 63.7 Å². The lowest BCUT2D eigenvalue weighted by Gasteiger charge is -2.30. The van der Waals surface area contributed by atoms with E-state index in [2.05, 4.69) is 10.9 Å². The average Bonchev–Trinajstić information content (AvgIpc) is 2.71. The molecule has 2 aromatic carbocycles. The molecule has 1 heterocycles. The molecule has 0 bridgehead atoms. The summed E-state index contributed by atoms with van der Waals surface area (Å²) in [5.41, 5.74) is 7.40. The zero-order valence-electron chi connectivity index (χ0n) is 16.3. The molecule has 2 aromatic rings. The molecule has 0 aliphatic carbocycles. The van der Waals surface area contributed by atoms with Gasteiger partial charge in [-0.2, -0.15) is 0 Å². The third-order valence-corrected chi connectivity index (χ3v) is 4.77. The van der Waals surface area contributed by atoms with E-state index in [-0.39, 0.29) is 23.7 Å². The number of amides is 2. The van der Waals surface area contributed by atoms with E-state index in [4.69, 9.17) is 0 Å². The molecule has 0 atom stereocenters. The normalized spacial score (nSPS) is 12.7. The first-order valence-corrected chi connectivity index (χ1v) is 9.24. The topological polar surface area (TPSA) is 108 Å². The van der Waals surface area contributed by atoms with Gasteiger partial charge in [0.25, 0.3) is 17.5 Å². The monoisotopic (exact) mass is 397 g/mol. The Bertz CT molecular complexity index is 944. The molecule has 0 unspecified atom stereocenters. The Balaban J connectivity index is 1.66. The van der Waals surface area contributed by atoms with Crippen molar-refractivity contribution in [1.82, 2.24) is 10.9 Å². The fraction of sp³-hybridized carbons (Fsp3) is 0.300. The SMILES string of the molecule is CN(C)c1ccc([N+](=O)[O-])cc1C(=O)NNC(=O)CN1CCCc2ccccc21. The predicted octanol–water partition coefficient (Wildman–Crippen LogP) is 1.87. The van der Waals surface area contributed by atoms with Gasteiger partial charge in [0.15, 0.2) is 0 Å². The number of carbonyl (C=O) groups is 2. The molecule has 0 saturated carbocycles. The first-order chi connectivity index (χ1) is 13.9. The van der Waals surface area contributed by atoms with Gasteiger partial charge < -0.3 is 9.80 Å². The number of anilines is 2. The number of fused-ring (bicyclic) bond motifs is 1. The molecule has 1 aliphatic heterocycles. The van der Waals surface area contributed by atoms with E-state index in [0.717, 1.165) is 25.1 Å². The molecule has 0 spiro atoms. The quantitative estimate of drug-likeness (QED) is 0.589. The molecular formula is C20H23N5O4. The van der Waals surface area contributed by atoms with Crippen molar-refractivity contribution in [3.8, 4) is 0 Å². The van der Waals surface area contributed by atoms with Crippen LogP contribution in [-0.2, 0) is 11.2 Å². The molecule has 2 amide bonds. The number of nitrogens with one attached hydrogen (secondary N) is 2. The lowest BCUT2D eigenvalue weighted by atomic mass is 10.0. The number of carbonyl (C=O) groups excluding carboxylic acids is 2. The van der Waals surface area contributed by atoms with Crippen LogP contribution in [0.1, 0.15) is 22.3 Å². The van der Waals surface area contributed by atoms with Crippen LogP contribution in [0.15, 0.2) is 42.5 Å². The number of benzene rings is 2. The number of nitro groups is 1. The van der Waals surface area contributed by atoms with Gasteiger partial charge in [-0.15, -0.1) is 0 Å². The van der Waals surface area contributed by atoms with Crippen molar-refractivity contribution in [2.24, 2.45) is 0 Å². The van der Waals surface area contributed by atoms with E-state index in [1.54, 1.807) is 19.0 Å². The zero-order chi connectivity index (χ0) is 21.0. The second kappa shape index (κ2) is 8.59. The largest absolute Gasteiger partial charge is 0.377 e. The minimum Gasteiger partial charge on any atom is -0.377 e. The lowest BCUT2D eigenvalue weighted by Crippen LogP contribution is -2.47. The Labute approximate surface area is 168 Å². The highest BCUT2D eigenvalue weighted by atomic mass is 16.6. The van der Waals surface area contributed by atoms with Gasteiger partial charge in [0, 0.05) is 44.1 Å².